The number of fused-ring (bicyclic) bond motifs is 1. The van der Waals surface area contributed by atoms with E-state index in [1.54, 1.807) is 10.9 Å². The molecule has 2 aromatic rings. The Kier molecular flexibility index (Phi) is 21.8. The van der Waals surface area contributed by atoms with E-state index in [0.29, 0.717) is 23.5 Å². The van der Waals surface area contributed by atoms with Crippen molar-refractivity contribution in [3.8, 4) is 0 Å². The summed E-state index contributed by atoms with van der Waals surface area (Å²) in [4.78, 5) is 22.5. The molecule has 0 saturated carbocycles. The topological polar surface area (TPSA) is 125 Å². The molecule has 2 heterocycles. The molecule has 3 N–H and O–H groups in total. The van der Waals surface area contributed by atoms with Crippen LogP contribution >= 0.6 is 29.2 Å². The van der Waals surface area contributed by atoms with E-state index in [1.807, 2.05) is 28.5 Å². The van der Waals surface area contributed by atoms with Gasteiger partial charge in [-0.05, 0) is 26.2 Å². The van der Waals surface area contributed by atoms with Gasteiger partial charge in [-0.15, -0.1) is 0 Å². The van der Waals surface area contributed by atoms with Crippen LogP contribution in [-0.4, -0.2) is 55.0 Å². The predicted molar refractivity (Wildman–Crippen MR) is 185 cm³/mol. The number of hydrogen-bond donors (Lipinski definition) is 2. The first-order valence-electron chi connectivity index (χ1n) is 16.7. The molecule has 0 aromatic carbocycles. The predicted octanol–water partition coefficient (Wildman–Crippen LogP) is 9.40. The second-order valence-corrected chi connectivity index (χ2v) is 16.1. The standard InChI is InChI=1S/C31H58N5O4PS2/c1-3-4-5-6-7-8-9-10-11-12-13-14-16-19-22-42-43-23-20-17-15-18-21-40-41(37,38)27-39-28(2)24-36-26-35-29-30(32)33-25-34-31(29)36/h25-26,28H,3-24,27H2,1-2H3,(H,37,38)(H2,32,33,34)/t28-/m1/s1. The molecule has 0 spiro atoms. The van der Waals surface area contributed by atoms with Gasteiger partial charge in [0.15, 0.2) is 11.5 Å². The summed E-state index contributed by atoms with van der Waals surface area (Å²) in [5.41, 5.74) is 6.96. The minimum Gasteiger partial charge on any atom is -0.382 e. The average molecular weight is 660 g/mol. The highest BCUT2D eigenvalue weighted by atomic mass is 33.1. The molecule has 9 nitrogen and oxygen atoms in total. The first-order chi connectivity index (χ1) is 20.9. The van der Waals surface area contributed by atoms with Gasteiger partial charge in [0.1, 0.15) is 18.2 Å². The van der Waals surface area contributed by atoms with Gasteiger partial charge in [0.25, 0.3) is 0 Å². The highest BCUT2D eigenvalue weighted by Gasteiger charge is 2.21. The van der Waals surface area contributed by atoms with E-state index >= 15 is 0 Å². The van der Waals surface area contributed by atoms with Crippen LogP contribution in [0.1, 0.15) is 129 Å². The van der Waals surface area contributed by atoms with Gasteiger partial charge in [-0.1, -0.05) is 125 Å². The van der Waals surface area contributed by atoms with E-state index in [4.69, 9.17) is 15.0 Å². The number of anilines is 1. The third kappa shape index (κ3) is 18.7. The SMILES string of the molecule is CCCCCCCCCCCCCCCCSSCCCCCCOP(=O)(O)CO[C@H](C)Cn1cnc2c(N)ncnc21. The fraction of sp³-hybridized carbons (Fsp3) is 0.839. The van der Waals surface area contributed by atoms with Crippen molar-refractivity contribution in [3.63, 3.8) is 0 Å². The molecule has 248 valence electrons. The highest BCUT2D eigenvalue weighted by Crippen LogP contribution is 2.42. The van der Waals surface area contributed by atoms with E-state index in [1.165, 1.54) is 114 Å². The summed E-state index contributed by atoms with van der Waals surface area (Å²) < 4.78 is 25.0. The van der Waals surface area contributed by atoms with E-state index in [0.717, 1.165) is 19.3 Å². The van der Waals surface area contributed by atoms with Gasteiger partial charge in [-0.3, -0.25) is 4.57 Å². The Morgan fingerprint density at radius 3 is 1.95 bits per heavy atom. The number of nitrogens with zero attached hydrogens (tertiary/aromatic N) is 4. The number of ether oxygens (including phenoxy) is 1. The number of imidazole rings is 1. The lowest BCUT2D eigenvalue weighted by molar-refractivity contribution is 0.0715. The maximum atomic E-state index is 12.3. The number of nitrogens with two attached hydrogens (primary N) is 1. The van der Waals surface area contributed by atoms with Crippen LogP contribution in [0.3, 0.4) is 0 Å². The van der Waals surface area contributed by atoms with Gasteiger partial charge in [-0.2, -0.15) is 0 Å². The molecule has 0 fully saturated rings. The average Bonchev–Trinajstić information content (AvgIpc) is 3.40. The molecule has 12 heteroatoms. The number of hydrogen-bond acceptors (Lipinski definition) is 9. The quantitative estimate of drug-likeness (QED) is 0.0495. The zero-order valence-electron chi connectivity index (χ0n) is 26.8. The lowest BCUT2D eigenvalue weighted by Crippen LogP contribution is -2.17. The van der Waals surface area contributed by atoms with Crippen molar-refractivity contribution in [2.45, 2.75) is 142 Å². The van der Waals surface area contributed by atoms with Crippen molar-refractivity contribution < 1.29 is 18.7 Å². The van der Waals surface area contributed by atoms with Crippen molar-refractivity contribution in [2.75, 3.05) is 30.2 Å². The van der Waals surface area contributed by atoms with Crippen LogP contribution in [0.15, 0.2) is 12.7 Å². The van der Waals surface area contributed by atoms with E-state index in [9.17, 15) is 9.46 Å². The van der Waals surface area contributed by atoms with Gasteiger partial charge >= 0.3 is 7.60 Å². The summed E-state index contributed by atoms with van der Waals surface area (Å²) in [5, 5.41) is 0. The molecule has 1 unspecified atom stereocenters. The molecule has 0 bridgehead atoms. The third-order valence-electron chi connectivity index (χ3n) is 7.49. The van der Waals surface area contributed by atoms with Crippen molar-refractivity contribution in [1.29, 1.82) is 0 Å². The van der Waals surface area contributed by atoms with Crippen molar-refractivity contribution in [2.24, 2.45) is 0 Å². The molecule has 0 saturated heterocycles. The first-order valence-corrected chi connectivity index (χ1v) is 20.9. The van der Waals surface area contributed by atoms with E-state index < -0.39 is 7.60 Å². The lowest BCUT2D eigenvalue weighted by atomic mass is 10.0. The van der Waals surface area contributed by atoms with Crippen LogP contribution in [-0.2, 0) is 20.4 Å². The highest BCUT2D eigenvalue weighted by molar-refractivity contribution is 8.76. The fourth-order valence-corrected chi connectivity index (χ4v) is 8.14. The van der Waals surface area contributed by atoms with Gasteiger partial charge in [0.05, 0.1) is 25.6 Å². The Bertz CT molecular complexity index is 1020. The minimum absolute atomic E-state index is 0.273. The first kappa shape index (κ1) is 38.3. The Balaban J connectivity index is 1.32. The smallest absolute Gasteiger partial charge is 0.353 e. The van der Waals surface area contributed by atoms with Gasteiger partial charge < -0.3 is 24.5 Å². The second kappa shape index (κ2) is 24.4. The second-order valence-electron chi connectivity index (χ2n) is 11.6. The van der Waals surface area contributed by atoms with Crippen LogP contribution in [0.4, 0.5) is 5.82 Å². The Morgan fingerprint density at radius 1 is 0.837 bits per heavy atom. The van der Waals surface area contributed by atoms with Crippen molar-refractivity contribution in [1.82, 2.24) is 19.5 Å². The molecular weight excluding hydrogens is 601 g/mol. The molecule has 2 rings (SSSR count). The summed E-state index contributed by atoms with van der Waals surface area (Å²) in [6, 6.07) is 0. The van der Waals surface area contributed by atoms with Gasteiger partial charge in [0, 0.05) is 11.5 Å². The molecule has 0 aliphatic carbocycles. The minimum atomic E-state index is -3.79. The Morgan fingerprint density at radius 2 is 1.37 bits per heavy atom. The number of rotatable bonds is 29. The monoisotopic (exact) mass is 659 g/mol. The molecule has 0 aliphatic rings. The molecule has 0 radical (unpaired) electrons. The maximum absolute atomic E-state index is 12.3. The number of nitrogen functional groups attached to an aromatic ring is 1. The maximum Gasteiger partial charge on any atom is 0.353 e. The van der Waals surface area contributed by atoms with E-state index in [-0.39, 0.29) is 19.1 Å². The van der Waals surface area contributed by atoms with Gasteiger partial charge in [0.2, 0.25) is 0 Å². The van der Waals surface area contributed by atoms with Crippen molar-refractivity contribution in [3.05, 3.63) is 12.7 Å². The summed E-state index contributed by atoms with van der Waals surface area (Å²) in [7, 11) is 0.204. The molecule has 2 atom stereocenters. The fourth-order valence-electron chi connectivity index (χ4n) is 4.92. The van der Waals surface area contributed by atoms with Crippen LogP contribution in [0.5, 0.6) is 0 Å². The summed E-state index contributed by atoms with van der Waals surface area (Å²) in [5.74, 6) is 2.74. The zero-order chi connectivity index (χ0) is 31.0. The Labute approximate surface area is 268 Å². The largest absolute Gasteiger partial charge is 0.382 e. The van der Waals surface area contributed by atoms with Crippen LogP contribution in [0, 0.1) is 0 Å². The van der Waals surface area contributed by atoms with Crippen molar-refractivity contribution >= 4 is 46.2 Å². The van der Waals surface area contributed by atoms with Crippen LogP contribution < -0.4 is 5.73 Å². The molecule has 2 aromatic heterocycles. The van der Waals surface area contributed by atoms with Gasteiger partial charge in [-0.25, -0.2) is 15.0 Å². The zero-order valence-corrected chi connectivity index (χ0v) is 29.3. The lowest BCUT2D eigenvalue weighted by Gasteiger charge is -2.17. The molecule has 0 amide bonds. The Hall–Kier alpha value is -0.840. The molecular formula is C31H58N5O4PS2. The summed E-state index contributed by atoms with van der Waals surface area (Å²) in [6.07, 6.45) is 26.1. The number of unbranched alkanes of at least 4 members (excludes halogenated alkanes) is 16. The molecule has 0 aliphatic heterocycles. The van der Waals surface area contributed by atoms with Crippen LogP contribution in [0.2, 0.25) is 0 Å². The van der Waals surface area contributed by atoms with Crippen LogP contribution in [0.25, 0.3) is 11.2 Å². The third-order valence-corrected chi connectivity index (χ3v) is 11.1. The summed E-state index contributed by atoms with van der Waals surface area (Å²) in [6.45, 7) is 4.80. The molecule has 43 heavy (non-hydrogen) atoms. The van der Waals surface area contributed by atoms with E-state index in [2.05, 4.69) is 21.9 Å². The summed E-state index contributed by atoms with van der Waals surface area (Å²) >= 11 is 0. The number of aromatic nitrogens is 4. The normalized spacial score (nSPS) is 13.9.